The predicted molar refractivity (Wildman–Crippen MR) is 84.9 cm³/mol. The van der Waals surface area contributed by atoms with Gasteiger partial charge in [-0.2, -0.15) is 5.10 Å². The van der Waals surface area contributed by atoms with Crippen molar-refractivity contribution in [2.75, 3.05) is 18.2 Å². The highest BCUT2D eigenvalue weighted by molar-refractivity contribution is 5.78. The molecule has 7 nitrogen and oxygen atoms in total. The maximum Gasteiger partial charge on any atom is 0.184 e. The normalized spacial score (nSPS) is 10.5. The highest BCUT2D eigenvalue weighted by atomic mass is 16.5. The molecule has 0 aliphatic heterocycles. The number of benzene rings is 1. The third-order valence-corrected chi connectivity index (χ3v) is 3.12. The van der Waals surface area contributed by atoms with Crippen LogP contribution in [-0.2, 0) is 7.05 Å². The van der Waals surface area contributed by atoms with E-state index in [1.54, 1.807) is 30.4 Å². The maximum atomic E-state index is 5.70. The highest BCUT2D eigenvalue weighted by Gasteiger charge is 2.14. The molecule has 3 rings (SSSR count). The summed E-state index contributed by atoms with van der Waals surface area (Å²) in [5, 5.41) is 7.59. The van der Waals surface area contributed by atoms with Gasteiger partial charge in [0.2, 0.25) is 0 Å². The maximum absolute atomic E-state index is 5.70. The second-order valence-corrected chi connectivity index (χ2v) is 4.72. The molecule has 22 heavy (non-hydrogen) atoms. The Labute approximate surface area is 127 Å². The second-order valence-electron chi connectivity index (χ2n) is 4.72. The van der Waals surface area contributed by atoms with Crippen LogP contribution in [0, 0.1) is 0 Å². The van der Waals surface area contributed by atoms with Crippen molar-refractivity contribution < 1.29 is 4.74 Å². The summed E-state index contributed by atoms with van der Waals surface area (Å²) in [5.74, 6) is 1.73. The number of nitrogen functional groups attached to an aromatic ring is 1. The van der Waals surface area contributed by atoms with Crippen molar-refractivity contribution in [2.24, 2.45) is 7.05 Å². The molecule has 0 aliphatic rings. The fraction of sp³-hybridized carbons (Fsp3) is 0.133. The lowest BCUT2D eigenvalue weighted by molar-refractivity contribution is 0.418. The lowest BCUT2D eigenvalue weighted by atomic mass is 10.1. The van der Waals surface area contributed by atoms with E-state index in [0.717, 1.165) is 16.9 Å². The molecule has 7 heteroatoms. The van der Waals surface area contributed by atoms with Gasteiger partial charge in [-0.1, -0.05) is 6.07 Å². The number of nitrogens with zero attached hydrogens (tertiary/aromatic N) is 4. The van der Waals surface area contributed by atoms with Crippen molar-refractivity contribution >= 4 is 17.2 Å². The van der Waals surface area contributed by atoms with E-state index in [4.69, 9.17) is 10.5 Å². The molecule has 112 valence electrons. The number of aryl methyl sites for hydroxylation is 1. The van der Waals surface area contributed by atoms with Gasteiger partial charge in [0.05, 0.1) is 18.4 Å². The summed E-state index contributed by atoms with van der Waals surface area (Å²) >= 11 is 0. The topological polar surface area (TPSA) is 90.9 Å². The van der Waals surface area contributed by atoms with E-state index in [-0.39, 0.29) is 0 Å². The van der Waals surface area contributed by atoms with Crippen molar-refractivity contribution in [3.05, 3.63) is 42.9 Å². The molecule has 2 heterocycles. The summed E-state index contributed by atoms with van der Waals surface area (Å²) in [6, 6.07) is 9.34. The molecule has 0 unspecified atom stereocenters. The third-order valence-electron chi connectivity index (χ3n) is 3.12. The number of aromatic nitrogens is 4. The van der Waals surface area contributed by atoms with Gasteiger partial charge in [-0.05, 0) is 18.2 Å². The van der Waals surface area contributed by atoms with Gasteiger partial charge in [0, 0.05) is 25.0 Å². The Balaban J connectivity index is 2.01. The molecule has 3 N–H and O–H groups in total. The van der Waals surface area contributed by atoms with Gasteiger partial charge in [-0.25, -0.2) is 9.97 Å². The smallest absolute Gasteiger partial charge is 0.184 e. The molecular formula is C15H16N6O. The van der Waals surface area contributed by atoms with Crippen LogP contribution in [0.15, 0.2) is 42.9 Å². The number of nitrogens with one attached hydrogen (secondary N) is 1. The first-order valence-electron chi connectivity index (χ1n) is 6.69. The summed E-state index contributed by atoms with van der Waals surface area (Å²) in [7, 11) is 3.44. The molecule has 0 spiro atoms. The van der Waals surface area contributed by atoms with E-state index in [1.165, 1.54) is 0 Å². The number of hydrogen-bond acceptors (Lipinski definition) is 6. The van der Waals surface area contributed by atoms with Gasteiger partial charge in [0.15, 0.2) is 11.6 Å². The summed E-state index contributed by atoms with van der Waals surface area (Å²) in [6.07, 6.45) is 3.30. The highest BCUT2D eigenvalue weighted by Crippen LogP contribution is 2.36. The molecule has 0 fully saturated rings. The number of nitrogens with two attached hydrogens (primary N) is 1. The molecule has 2 aromatic heterocycles. The molecule has 0 saturated heterocycles. The minimum absolute atomic E-state index is 0.450. The number of hydrogen-bond donors (Lipinski definition) is 2. The average molecular weight is 296 g/mol. The number of anilines is 3. The zero-order chi connectivity index (χ0) is 15.5. The molecule has 0 radical (unpaired) electrons. The summed E-state index contributed by atoms with van der Waals surface area (Å²) in [4.78, 5) is 8.25. The van der Waals surface area contributed by atoms with Crippen LogP contribution < -0.4 is 15.8 Å². The molecule has 1 aromatic carbocycles. The SMILES string of the molecule is COc1c(Nc2ccnc(N)c2)cccc1-c1ncn(C)n1. The van der Waals surface area contributed by atoms with Crippen molar-refractivity contribution in [3.8, 4) is 17.1 Å². The monoisotopic (exact) mass is 296 g/mol. The quantitative estimate of drug-likeness (QED) is 0.767. The first kappa shape index (κ1) is 13.9. The van der Waals surface area contributed by atoms with E-state index in [9.17, 15) is 0 Å². The van der Waals surface area contributed by atoms with Gasteiger partial charge in [0.25, 0.3) is 0 Å². The first-order chi connectivity index (χ1) is 10.7. The van der Waals surface area contributed by atoms with Crippen LogP contribution in [0.3, 0.4) is 0 Å². The Morgan fingerprint density at radius 2 is 2.09 bits per heavy atom. The number of rotatable bonds is 4. The molecular weight excluding hydrogens is 280 g/mol. The zero-order valence-corrected chi connectivity index (χ0v) is 12.3. The van der Waals surface area contributed by atoms with Crippen LogP contribution in [0.4, 0.5) is 17.2 Å². The first-order valence-corrected chi connectivity index (χ1v) is 6.69. The zero-order valence-electron chi connectivity index (χ0n) is 12.3. The van der Waals surface area contributed by atoms with E-state index in [2.05, 4.69) is 20.4 Å². The van der Waals surface area contributed by atoms with Crippen molar-refractivity contribution in [1.82, 2.24) is 19.7 Å². The summed E-state index contributed by atoms with van der Waals surface area (Å²) in [6.45, 7) is 0. The van der Waals surface area contributed by atoms with Crippen LogP contribution in [0.5, 0.6) is 5.75 Å². The fourth-order valence-corrected chi connectivity index (χ4v) is 2.18. The standard InChI is InChI=1S/C15H16N6O/c1-21-9-18-15(20-21)11-4-3-5-12(14(11)22-2)19-10-6-7-17-13(16)8-10/h3-9H,1-2H3,(H3,16,17,19). The molecule has 0 saturated carbocycles. The van der Waals surface area contributed by atoms with Gasteiger partial charge >= 0.3 is 0 Å². The number of pyridine rings is 1. The van der Waals surface area contributed by atoms with Crippen LogP contribution in [0.25, 0.3) is 11.4 Å². The Kier molecular flexibility index (Phi) is 3.61. The Morgan fingerprint density at radius 3 is 2.77 bits per heavy atom. The van der Waals surface area contributed by atoms with Gasteiger partial charge in [0.1, 0.15) is 12.1 Å². The van der Waals surface area contributed by atoms with Gasteiger partial charge in [-0.15, -0.1) is 0 Å². The molecule has 0 bridgehead atoms. The Bertz CT molecular complexity index is 798. The van der Waals surface area contributed by atoms with E-state index in [0.29, 0.717) is 17.4 Å². The van der Waals surface area contributed by atoms with Crippen molar-refractivity contribution in [2.45, 2.75) is 0 Å². The van der Waals surface area contributed by atoms with Crippen LogP contribution in [-0.4, -0.2) is 26.9 Å². The number of ether oxygens (including phenoxy) is 1. The van der Waals surface area contributed by atoms with E-state index in [1.807, 2.05) is 31.3 Å². The van der Waals surface area contributed by atoms with Crippen molar-refractivity contribution in [1.29, 1.82) is 0 Å². The van der Waals surface area contributed by atoms with Crippen LogP contribution in [0.1, 0.15) is 0 Å². The van der Waals surface area contributed by atoms with Crippen LogP contribution >= 0.6 is 0 Å². The fourth-order valence-electron chi connectivity index (χ4n) is 2.18. The molecule has 0 atom stereocenters. The summed E-state index contributed by atoms with van der Waals surface area (Å²) < 4.78 is 7.20. The molecule has 3 aromatic rings. The molecule has 0 aliphatic carbocycles. The lowest BCUT2D eigenvalue weighted by Crippen LogP contribution is -1.99. The van der Waals surface area contributed by atoms with Gasteiger partial charge in [-0.3, -0.25) is 4.68 Å². The predicted octanol–water partition coefficient (Wildman–Crippen LogP) is 2.21. The van der Waals surface area contributed by atoms with Gasteiger partial charge < -0.3 is 15.8 Å². The minimum Gasteiger partial charge on any atom is -0.494 e. The number of methoxy groups -OCH3 is 1. The van der Waals surface area contributed by atoms with Crippen molar-refractivity contribution in [3.63, 3.8) is 0 Å². The van der Waals surface area contributed by atoms with E-state index < -0.39 is 0 Å². The third kappa shape index (κ3) is 2.69. The molecule has 0 amide bonds. The minimum atomic E-state index is 0.450. The largest absolute Gasteiger partial charge is 0.494 e. The summed E-state index contributed by atoms with van der Waals surface area (Å²) in [5.41, 5.74) is 8.15. The lowest BCUT2D eigenvalue weighted by Gasteiger charge is -2.14. The second kappa shape index (κ2) is 5.72. The number of para-hydroxylation sites is 1. The Hall–Kier alpha value is -3.09. The Morgan fingerprint density at radius 1 is 1.23 bits per heavy atom. The van der Waals surface area contributed by atoms with Crippen LogP contribution in [0.2, 0.25) is 0 Å². The average Bonchev–Trinajstić information content (AvgIpc) is 2.93. The van der Waals surface area contributed by atoms with E-state index >= 15 is 0 Å².